The number of nitrogen functional groups attached to an aromatic ring is 1. The van der Waals surface area contributed by atoms with Gasteiger partial charge in [0.1, 0.15) is 41.4 Å². The van der Waals surface area contributed by atoms with Gasteiger partial charge in [0.05, 0.1) is 24.8 Å². The van der Waals surface area contributed by atoms with Crippen LogP contribution in [0.25, 0.3) is 5.52 Å². The number of nitrogens with zero attached hydrogens (tertiary/aromatic N) is 5. The van der Waals surface area contributed by atoms with Gasteiger partial charge in [-0.25, -0.2) is 14.1 Å². The fourth-order valence-electron chi connectivity index (χ4n) is 5.62. The van der Waals surface area contributed by atoms with Gasteiger partial charge in [-0.05, 0) is 63.7 Å². The number of unbranched alkanes of at least 4 members (excludes halogenated alkanes) is 4. The number of nitrogens with two attached hydrogens (primary N) is 1. The Bertz CT molecular complexity index is 1760. The Morgan fingerprint density at radius 2 is 1.84 bits per heavy atom. The molecule has 0 bridgehead atoms. The maximum Gasteiger partial charge on any atom is 0.461 e. The van der Waals surface area contributed by atoms with Crippen molar-refractivity contribution in [3.63, 3.8) is 0 Å². The molecule has 1 aromatic carbocycles. The number of ether oxygens (including phenoxy) is 3. The number of likely N-dealkylation sites (N-methyl/N-ethyl adjacent to an activating group) is 1. The number of nitriles is 1. The molecular weight excluding hydrogens is 703 g/mol. The number of anilines is 1. The molecule has 3 aromatic rings. The zero-order valence-corrected chi connectivity index (χ0v) is 31.3. The highest BCUT2D eigenvalue weighted by molar-refractivity contribution is 7.51. The Kier molecular flexibility index (Phi) is 13.1. The summed E-state index contributed by atoms with van der Waals surface area (Å²) >= 11 is 6.06. The van der Waals surface area contributed by atoms with E-state index in [0.29, 0.717) is 17.0 Å². The molecule has 0 saturated carbocycles. The SMILES string of the molecule is CCCCCCCOC(=O)[C@H](C)N(C)P(=O)(OC[C@H]1O[C@@](C#N)(c2ccc3c(N)ncnn23)[C@](C)(O)[C@@H]1OC(=O)C(C)C)Oc1ccc(Cl)cc1. The average Bonchev–Trinajstić information content (AvgIpc) is 3.63. The minimum atomic E-state index is -4.48. The van der Waals surface area contributed by atoms with E-state index in [1.807, 2.05) is 0 Å². The molecule has 1 saturated heterocycles. The van der Waals surface area contributed by atoms with Crippen molar-refractivity contribution < 1.29 is 42.5 Å². The summed E-state index contributed by atoms with van der Waals surface area (Å²) < 4.78 is 46.6. The summed E-state index contributed by atoms with van der Waals surface area (Å²) in [5, 5.41) is 27.4. The predicted octanol–water partition coefficient (Wildman–Crippen LogP) is 5.44. The zero-order chi connectivity index (χ0) is 37.6. The van der Waals surface area contributed by atoms with Crippen LogP contribution in [0.4, 0.5) is 5.82 Å². The first-order chi connectivity index (χ1) is 24.1. The molecule has 0 radical (unpaired) electrons. The van der Waals surface area contributed by atoms with Crippen molar-refractivity contribution in [2.75, 3.05) is 26.0 Å². The molecule has 6 atom stereocenters. The molecule has 1 aliphatic heterocycles. The number of aromatic nitrogens is 3. The quantitative estimate of drug-likeness (QED) is 0.100. The summed E-state index contributed by atoms with van der Waals surface area (Å²) in [6.07, 6.45) is 3.05. The van der Waals surface area contributed by atoms with Crippen LogP contribution in [-0.4, -0.2) is 80.4 Å². The van der Waals surface area contributed by atoms with E-state index >= 15 is 0 Å². The van der Waals surface area contributed by atoms with E-state index in [-0.39, 0.29) is 23.9 Å². The molecule has 0 amide bonds. The number of carbonyl (C=O) groups is 2. The van der Waals surface area contributed by atoms with Crippen molar-refractivity contribution in [3.8, 4) is 11.8 Å². The van der Waals surface area contributed by atoms with E-state index in [0.717, 1.165) is 30.4 Å². The molecule has 1 unspecified atom stereocenters. The van der Waals surface area contributed by atoms with Crippen LogP contribution in [-0.2, 0) is 38.5 Å². The molecule has 1 fully saturated rings. The monoisotopic (exact) mass is 748 g/mol. The van der Waals surface area contributed by atoms with Gasteiger partial charge in [-0.1, -0.05) is 58.1 Å². The summed E-state index contributed by atoms with van der Waals surface area (Å²) in [7, 11) is -3.10. The van der Waals surface area contributed by atoms with Crippen LogP contribution in [0, 0.1) is 17.2 Å². The Morgan fingerprint density at radius 1 is 1.16 bits per heavy atom. The number of fused-ring (bicyclic) bond motifs is 1. The molecule has 0 aliphatic carbocycles. The maximum atomic E-state index is 14.7. The fourth-order valence-corrected chi connectivity index (χ4v) is 7.35. The van der Waals surface area contributed by atoms with Crippen molar-refractivity contribution in [1.29, 1.82) is 5.26 Å². The molecule has 51 heavy (non-hydrogen) atoms. The van der Waals surface area contributed by atoms with E-state index in [4.69, 9.17) is 40.6 Å². The molecule has 1 aliphatic rings. The van der Waals surface area contributed by atoms with E-state index in [2.05, 4.69) is 23.1 Å². The highest BCUT2D eigenvalue weighted by Gasteiger charge is 2.68. The third kappa shape index (κ3) is 8.49. The lowest BCUT2D eigenvalue weighted by Gasteiger charge is -2.34. The van der Waals surface area contributed by atoms with Gasteiger partial charge in [-0.2, -0.15) is 15.0 Å². The highest BCUT2D eigenvalue weighted by atomic mass is 35.5. The minimum absolute atomic E-state index is 0.0657. The van der Waals surface area contributed by atoms with Gasteiger partial charge in [0.25, 0.3) is 0 Å². The molecule has 3 N–H and O–H groups in total. The summed E-state index contributed by atoms with van der Waals surface area (Å²) in [4.78, 5) is 30.0. The number of esters is 2. The highest BCUT2D eigenvalue weighted by Crippen LogP contribution is 2.54. The molecule has 3 heterocycles. The zero-order valence-electron chi connectivity index (χ0n) is 29.7. The van der Waals surface area contributed by atoms with Gasteiger partial charge in [0, 0.05) is 5.02 Å². The van der Waals surface area contributed by atoms with Crippen LogP contribution in [0.1, 0.15) is 72.4 Å². The predicted molar refractivity (Wildman–Crippen MR) is 187 cm³/mol. The Hall–Kier alpha value is -3.77. The van der Waals surface area contributed by atoms with E-state index in [1.54, 1.807) is 19.9 Å². The minimum Gasteiger partial charge on any atom is -0.465 e. The smallest absolute Gasteiger partial charge is 0.461 e. The maximum absolute atomic E-state index is 14.7. The first kappa shape index (κ1) is 40.0. The van der Waals surface area contributed by atoms with Crippen LogP contribution < -0.4 is 10.3 Å². The van der Waals surface area contributed by atoms with Gasteiger partial charge in [0.15, 0.2) is 11.9 Å². The van der Waals surface area contributed by atoms with Crippen molar-refractivity contribution in [2.24, 2.45) is 5.92 Å². The average molecular weight is 749 g/mol. The number of hydrogen-bond donors (Lipinski definition) is 2. The van der Waals surface area contributed by atoms with Crippen molar-refractivity contribution in [3.05, 3.63) is 53.4 Å². The number of hydrogen-bond acceptors (Lipinski definition) is 13. The van der Waals surface area contributed by atoms with Crippen LogP contribution in [0.15, 0.2) is 42.7 Å². The number of aliphatic hydroxyl groups is 1. The molecule has 2 aromatic heterocycles. The molecule has 17 heteroatoms. The number of benzene rings is 1. The van der Waals surface area contributed by atoms with Crippen LogP contribution >= 0.6 is 19.3 Å². The summed E-state index contributed by atoms with van der Waals surface area (Å²) in [5.74, 6) is -1.75. The summed E-state index contributed by atoms with van der Waals surface area (Å²) in [6, 6.07) is 9.99. The van der Waals surface area contributed by atoms with Gasteiger partial charge in [-0.3, -0.25) is 14.1 Å². The normalized spacial score (nSPS) is 23.5. The fraction of sp³-hybridized carbons (Fsp3) is 0.559. The molecule has 0 spiro atoms. The molecular formula is C34H46ClN6O9P. The van der Waals surface area contributed by atoms with Crippen LogP contribution in [0.3, 0.4) is 0 Å². The largest absolute Gasteiger partial charge is 0.465 e. The third-order valence-electron chi connectivity index (χ3n) is 8.86. The number of rotatable bonds is 17. The topological polar surface area (TPSA) is 201 Å². The number of carbonyl (C=O) groups excluding carboxylic acids is 2. The van der Waals surface area contributed by atoms with E-state index in [9.17, 15) is 24.5 Å². The van der Waals surface area contributed by atoms with Crippen molar-refractivity contribution >= 4 is 42.6 Å². The standard InChI is InChI=1S/C34H46ClN6O9P/c1-7-8-9-10-11-18-46-32(43)23(4)40(6)51(45,50-25-14-12-24(35)13-15-25)47-19-27-29(48-31(42)22(2)3)33(5,44)34(20-36,49-27)28-17-16-26-30(37)38-21-39-41(26)28/h12-17,21-23,27,29,44H,7-11,18-19H2,1-6H3,(H2,37,38,39)/t23-,27+,29+,33+,34-,51?/m0/s1. The Labute approximate surface area is 302 Å². The number of halogens is 1. The van der Waals surface area contributed by atoms with Crippen LogP contribution in [0.5, 0.6) is 5.75 Å². The lowest BCUT2D eigenvalue weighted by molar-refractivity contribution is -0.168. The third-order valence-corrected chi connectivity index (χ3v) is 11.2. The molecule has 15 nitrogen and oxygen atoms in total. The first-order valence-corrected chi connectivity index (χ1v) is 18.7. The Morgan fingerprint density at radius 3 is 2.49 bits per heavy atom. The van der Waals surface area contributed by atoms with Gasteiger partial charge >= 0.3 is 19.7 Å². The summed E-state index contributed by atoms with van der Waals surface area (Å²) in [5.41, 5.74) is 1.99. The van der Waals surface area contributed by atoms with E-state index in [1.165, 1.54) is 62.1 Å². The first-order valence-electron chi connectivity index (χ1n) is 16.8. The molecule has 4 rings (SSSR count). The van der Waals surface area contributed by atoms with Gasteiger partial charge < -0.3 is 29.6 Å². The lowest BCUT2D eigenvalue weighted by Crippen LogP contribution is -2.54. The second-order valence-corrected chi connectivity index (χ2v) is 15.4. The molecule has 278 valence electrons. The van der Waals surface area contributed by atoms with Gasteiger partial charge in [-0.15, -0.1) is 0 Å². The van der Waals surface area contributed by atoms with Crippen LogP contribution in [0.2, 0.25) is 5.02 Å². The summed E-state index contributed by atoms with van der Waals surface area (Å²) in [6.45, 7) is 7.66. The second kappa shape index (κ2) is 16.7. The van der Waals surface area contributed by atoms with Crippen molar-refractivity contribution in [2.45, 2.75) is 96.2 Å². The second-order valence-electron chi connectivity index (χ2n) is 12.9. The van der Waals surface area contributed by atoms with E-state index < -0.39 is 61.7 Å². The van der Waals surface area contributed by atoms with Crippen molar-refractivity contribution in [1.82, 2.24) is 19.3 Å². The lowest BCUT2D eigenvalue weighted by atomic mass is 9.80. The Balaban J connectivity index is 1.67. The van der Waals surface area contributed by atoms with Gasteiger partial charge in [0.2, 0.25) is 5.60 Å².